The number of carbonyl (C=O) groups is 1. The number of amides is 1. The van der Waals surface area contributed by atoms with E-state index in [0.717, 1.165) is 32.2 Å². The summed E-state index contributed by atoms with van der Waals surface area (Å²) >= 11 is 0. The van der Waals surface area contributed by atoms with Gasteiger partial charge >= 0.3 is 0 Å². The molecule has 0 aliphatic carbocycles. The Hall–Kier alpha value is -1.35. The first-order valence-electron chi connectivity index (χ1n) is 7.78. The Balaban J connectivity index is 1.87. The summed E-state index contributed by atoms with van der Waals surface area (Å²) in [5, 5.41) is 0. The highest BCUT2D eigenvalue weighted by atomic mass is 16.2. The highest BCUT2D eigenvalue weighted by Gasteiger charge is 2.25. The Labute approximate surface area is 122 Å². The summed E-state index contributed by atoms with van der Waals surface area (Å²) in [6, 6.07) is 10.2. The van der Waals surface area contributed by atoms with Crippen LogP contribution in [0.25, 0.3) is 0 Å². The maximum absolute atomic E-state index is 12.5. The smallest absolute Gasteiger partial charge is 0.239 e. The first-order valence-corrected chi connectivity index (χ1v) is 7.78. The fourth-order valence-electron chi connectivity index (χ4n) is 2.91. The standard InChI is InChI=1S/C17H26N2O/c1-14-8-4-3-7-13-19(14)17(20)16(18)12-11-15-9-5-2-6-10-15/h2,5-6,9-10,14,16H,3-4,7-8,11-13,18H2,1H3/t14?,16-/m0/s1. The topological polar surface area (TPSA) is 46.3 Å². The molecule has 1 aliphatic rings. The zero-order valence-electron chi connectivity index (χ0n) is 12.4. The fraction of sp³-hybridized carbons (Fsp3) is 0.588. The van der Waals surface area contributed by atoms with E-state index in [1.807, 2.05) is 23.1 Å². The fourth-order valence-corrected chi connectivity index (χ4v) is 2.91. The van der Waals surface area contributed by atoms with Crippen molar-refractivity contribution < 1.29 is 4.79 Å². The molecule has 1 fully saturated rings. The number of aryl methyl sites for hydroxylation is 1. The van der Waals surface area contributed by atoms with Crippen molar-refractivity contribution in [2.45, 2.75) is 57.5 Å². The summed E-state index contributed by atoms with van der Waals surface area (Å²) in [6.45, 7) is 3.02. The van der Waals surface area contributed by atoms with Gasteiger partial charge in [-0.05, 0) is 38.2 Å². The molecule has 1 aromatic rings. The largest absolute Gasteiger partial charge is 0.339 e. The van der Waals surface area contributed by atoms with Crippen LogP contribution in [-0.4, -0.2) is 29.4 Å². The van der Waals surface area contributed by atoms with Crippen molar-refractivity contribution in [1.82, 2.24) is 4.90 Å². The molecular formula is C17H26N2O. The predicted molar refractivity (Wildman–Crippen MR) is 82.4 cm³/mol. The van der Waals surface area contributed by atoms with Gasteiger partial charge in [0.15, 0.2) is 0 Å². The molecule has 0 spiro atoms. The lowest BCUT2D eigenvalue weighted by Gasteiger charge is -2.29. The van der Waals surface area contributed by atoms with E-state index >= 15 is 0 Å². The van der Waals surface area contributed by atoms with Gasteiger partial charge < -0.3 is 10.6 Å². The summed E-state index contributed by atoms with van der Waals surface area (Å²) < 4.78 is 0. The number of nitrogens with zero attached hydrogens (tertiary/aromatic N) is 1. The van der Waals surface area contributed by atoms with Crippen LogP contribution in [0.4, 0.5) is 0 Å². The number of nitrogens with two attached hydrogens (primary N) is 1. The van der Waals surface area contributed by atoms with Gasteiger partial charge in [-0.15, -0.1) is 0 Å². The van der Waals surface area contributed by atoms with E-state index in [2.05, 4.69) is 19.1 Å². The second-order valence-corrected chi connectivity index (χ2v) is 5.86. The van der Waals surface area contributed by atoms with E-state index in [-0.39, 0.29) is 11.9 Å². The molecule has 0 saturated carbocycles. The van der Waals surface area contributed by atoms with Crippen LogP contribution >= 0.6 is 0 Å². The lowest BCUT2D eigenvalue weighted by atomic mass is 10.0. The molecule has 1 amide bonds. The average molecular weight is 274 g/mol. The van der Waals surface area contributed by atoms with Crippen LogP contribution in [0.15, 0.2) is 30.3 Å². The van der Waals surface area contributed by atoms with Crippen LogP contribution in [0.2, 0.25) is 0 Å². The van der Waals surface area contributed by atoms with Crippen LogP contribution in [0.3, 0.4) is 0 Å². The van der Waals surface area contributed by atoms with Crippen molar-refractivity contribution >= 4 is 5.91 Å². The van der Waals surface area contributed by atoms with E-state index in [1.54, 1.807) is 0 Å². The van der Waals surface area contributed by atoms with Gasteiger partial charge in [0.1, 0.15) is 0 Å². The summed E-state index contributed by atoms with van der Waals surface area (Å²) in [4.78, 5) is 14.5. The molecule has 0 aromatic heterocycles. The molecule has 1 aliphatic heterocycles. The van der Waals surface area contributed by atoms with Gasteiger partial charge in [-0.25, -0.2) is 0 Å². The molecule has 1 aromatic carbocycles. The summed E-state index contributed by atoms with van der Waals surface area (Å²) in [6.07, 6.45) is 6.28. The number of likely N-dealkylation sites (tertiary alicyclic amines) is 1. The third-order valence-electron chi connectivity index (χ3n) is 4.24. The lowest BCUT2D eigenvalue weighted by Crippen LogP contribution is -2.47. The average Bonchev–Trinajstić information content (AvgIpc) is 2.69. The molecular weight excluding hydrogens is 248 g/mol. The Kier molecular flexibility index (Phi) is 5.60. The first kappa shape index (κ1) is 15.0. The van der Waals surface area contributed by atoms with Gasteiger partial charge in [-0.2, -0.15) is 0 Å². The van der Waals surface area contributed by atoms with E-state index in [1.165, 1.54) is 18.4 Å². The number of hydrogen-bond acceptors (Lipinski definition) is 2. The summed E-state index contributed by atoms with van der Waals surface area (Å²) in [5.41, 5.74) is 7.37. The number of benzene rings is 1. The molecule has 2 N–H and O–H groups in total. The number of carbonyl (C=O) groups excluding carboxylic acids is 1. The Morgan fingerprint density at radius 3 is 2.80 bits per heavy atom. The quantitative estimate of drug-likeness (QED) is 0.917. The minimum Gasteiger partial charge on any atom is -0.339 e. The molecule has 3 heteroatoms. The predicted octanol–water partition coefficient (Wildman–Crippen LogP) is 2.74. The molecule has 110 valence electrons. The zero-order chi connectivity index (χ0) is 14.4. The number of hydrogen-bond donors (Lipinski definition) is 1. The maximum Gasteiger partial charge on any atom is 0.239 e. The molecule has 2 atom stereocenters. The highest BCUT2D eigenvalue weighted by Crippen LogP contribution is 2.17. The van der Waals surface area contributed by atoms with Crippen LogP contribution in [0.1, 0.15) is 44.6 Å². The van der Waals surface area contributed by atoms with Crippen LogP contribution in [0.5, 0.6) is 0 Å². The van der Waals surface area contributed by atoms with E-state index in [4.69, 9.17) is 5.73 Å². The third kappa shape index (κ3) is 4.07. The second-order valence-electron chi connectivity index (χ2n) is 5.86. The minimum atomic E-state index is -0.365. The Morgan fingerprint density at radius 2 is 2.05 bits per heavy atom. The number of rotatable bonds is 4. The van der Waals surface area contributed by atoms with Gasteiger partial charge in [0.25, 0.3) is 0 Å². The Morgan fingerprint density at radius 1 is 1.30 bits per heavy atom. The van der Waals surface area contributed by atoms with E-state index in [0.29, 0.717) is 6.04 Å². The van der Waals surface area contributed by atoms with Crippen molar-refractivity contribution in [3.05, 3.63) is 35.9 Å². The molecule has 1 unspecified atom stereocenters. The molecule has 0 bridgehead atoms. The third-order valence-corrected chi connectivity index (χ3v) is 4.24. The zero-order valence-corrected chi connectivity index (χ0v) is 12.4. The molecule has 1 saturated heterocycles. The van der Waals surface area contributed by atoms with Gasteiger partial charge in [0.05, 0.1) is 6.04 Å². The van der Waals surface area contributed by atoms with Crippen LogP contribution in [0, 0.1) is 0 Å². The van der Waals surface area contributed by atoms with E-state index < -0.39 is 0 Å². The second kappa shape index (κ2) is 7.44. The highest BCUT2D eigenvalue weighted by molar-refractivity contribution is 5.82. The molecule has 20 heavy (non-hydrogen) atoms. The SMILES string of the molecule is CC1CCCCCN1C(=O)[C@@H](N)CCc1ccccc1. The van der Waals surface area contributed by atoms with Gasteiger partial charge in [-0.3, -0.25) is 4.79 Å². The van der Waals surface area contributed by atoms with E-state index in [9.17, 15) is 4.79 Å². The van der Waals surface area contributed by atoms with Crippen molar-refractivity contribution in [1.29, 1.82) is 0 Å². The molecule has 0 radical (unpaired) electrons. The maximum atomic E-state index is 12.5. The monoisotopic (exact) mass is 274 g/mol. The van der Waals surface area contributed by atoms with Gasteiger partial charge in [0.2, 0.25) is 5.91 Å². The van der Waals surface area contributed by atoms with Gasteiger partial charge in [0, 0.05) is 12.6 Å². The van der Waals surface area contributed by atoms with Crippen molar-refractivity contribution in [2.75, 3.05) is 6.54 Å². The molecule has 2 rings (SSSR count). The van der Waals surface area contributed by atoms with Crippen LogP contribution < -0.4 is 5.73 Å². The summed E-state index contributed by atoms with van der Waals surface area (Å²) in [7, 11) is 0. The normalized spacial score (nSPS) is 21.3. The van der Waals surface area contributed by atoms with Crippen molar-refractivity contribution in [3.63, 3.8) is 0 Å². The molecule has 1 heterocycles. The van der Waals surface area contributed by atoms with Crippen molar-refractivity contribution in [3.8, 4) is 0 Å². The minimum absolute atomic E-state index is 0.135. The Bertz CT molecular complexity index is 418. The van der Waals surface area contributed by atoms with Gasteiger partial charge in [-0.1, -0.05) is 43.2 Å². The molecule has 3 nitrogen and oxygen atoms in total. The first-order chi connectivity index (χ1) is 9.68. The summed E-state index contributed by atoms with van der Waals surface area (Å²) in [5.74, 6) is 0.135. The van der Waals surface area contributed by atoms with Crippen molar-refractivity contribution in [2.24, 2.45) is 5.73 Å². The lowest BCUT2D eigenvalue weighted by molar-refractivity contribution is -0.134. The van der Waals surface area contributed by atoms with Crippen LogP contribution in [-0.2, 0) is 11.2 Å².